The third-order valence-electron chi connectivity index (χ3n) is 4.41. The Hall–Kier alpha value is -2.99. The third-order valence-corrected chi connectivity index (χ3v) is 4.41. The van der Waals surface area contributed by atoms with Crippen molar-refractivity contribution in [3.8, 4) is 17.2 Å². The average molecular weight is 384 g/mol. The van der Waals surface area contributed by atoms with Crippen molar-refractivity contribution in [2.45, 2.75) is 19.5 Å². The molecule has 1 atom stereocenters. The molecule has 0 fully saturated rings. The molecule has 2 aromatic carbocycles. The number of likely N-dealkylation sites (N-methyl/N-ethyl adjacent to an activating group) is 1. The molecule has 0 radical (unpaired) electrons. The van der Waals surface area contributed by atoms with E-state index in [1.807, 2.05) is 43.1 Å². The SMILES string of the molecule is C=CCOc1ccc(CN(C)C(C)C(=O)Nc2ccc(OC)c(OC)c2)cc1. The van der Waals surface area contributed by atoms with Crippen LogP contribution in [0.15, 0.2) is 55.1 Å². The molecule has 0 aliphatic heterocycles. The van der Waals surface area contributed by atoms with Crippen LogP contribution in [0.25, 0.3) is 0 Å². The number of ether oxygens (including phenoxy) is 3. The number of hydrogen-bond donors (Lipinski definition) is 1. The number of rotatable bonds is 10. The number of nitrogens with zero attached hydrogens (tertiary/aromatic N) is 1. The minimum Gasteiger partial charge on any atom is -0.493 e. The van der Waals surface area contributed by atoms with Crippen LogP contribution < -0.4 is 19.5 Å². The van der Waals surface area contributed by atoms with Gasteiger partial charge in [0.2, 0.25) is 5.91 Å². The minimum atomic E-state index is -0.315. The number of benzene rings is 2. The molecular formula is C22H28N2O4. The first kappa shape index (κ1) is 21.3. The van der Waals surface area contributed by atoms with Crippen LogP contribution >= 0.6 is 0 Å². The zero-order valence-corrected chi connectivity index (χ0v) is 16.9. The monoisotopic (exact) mass is 384 g/mol. The number of amides is 1. The van der Waals surface area contributed by atoms with Gasteiger partial charge in [0, 0.05) is 18.3 Å². The molecule has 2 aromatic rings. The summed E-state index contributed by atoms with van der Waals surface area (Å²) in [6, 6.07) is 12.8. The fourth-order valence-electron chi connectivity index (χ4n) is 2.63. The Labute approximate surface area is 166 Å². The third kappa shape index (κ3) is 5.76. The first-order valence-corrected chi connectivity index (χ1v) is 9.04. The van der Waals surface area contributed by atoms with Crippen molar-refractivity contribution < 1.29 is 19.0 Å². The zero-order valence-electron chi connectivity index (χ0n) is 16.9. The Morgan fingerprint density at radius 1 is 1.14 bits per heavy atom. The molecule has 0 heterocycles. The fourth-order valence-corrected chi connectivity index (χ4v) is 2.63. The second-order valence-electron chi connectivity index (χ2n) is 6.39. The molecule has 150 valence electrons. The molecule has 0 bridgehead atoms. The lowest BCUT2D eigenvalue weighted by Crippen LogP contribution is -2.39. The first-order chi connectivity index (χ1) is 13.5. The summed E-state index contributed by atoms with van der Waals surface area (Å²) in [4.78, 5) is 14.6. The molecule has 1 unspecified atom stereocenters. The van der Waals surface area contributed by atoms with Gasteiger partial charge in [-0.05, 0) is 43.8 Å². The summed E-state index contributed by atoms with van der Waals surface area (Å²) in [6.45, 7) is 6.63. The average Bonchev–Trinajstić information content (AvgIpc) is 2.72. The maximum Gasteiger partial charge on any atom is 0.241 e. The normalized spacial score (nSPS) is 11.6. The molecule has 0 aliphatic carbocycles. The molecule has 0 spiro atoms. The van der Waals surface area contributed by atoms with Crippen molar-refractivity contribution in [3.63, 3.8) is 0 Å². The summed E-state index contributed by atoms with van der Waals surface area (Å²) in [5.41, 5.74) is 1.76. The van der Waals surface area contributed by atoms with Crippen molar-refractivity contribution in [2.75, 3.05) is 33.2 Å². The van der Waals surface area contributed by atoms with Crippen molar-refractivity contribution >= 4 is 11.6 Å². The number of hydrogen-bond acceptors (Lipinski definition) is 5. The Morgan fingerprint density at radius 3 is 2.43 bits per heavy atom. The lowest BCUT2D eigenvalue weighted by molar-refractivity contribution is -0.120. The van der Waals surface area contributed by atoms with Crippen LogP contribution in [0.1, 0.15) is 12.5 Å². The summed E-state index contributed by atoms with van der Waals surface area (Å²) in [5.74, 6) is 1.89. The second-order valence-corrected chi connectivity index (χ2v) is 6.39. The number of carbonyl (C=O) groups is 1. The van der Waals surface area contributed by atoms with E-state index in [9.17, 15) is 4.79 Å². The predicted octanol–water partition coefficient (Wildman–Crippen LogP) is 3.73. The molecule has 0 saturated heterocycles. The Balaban J connectivity index is 1.95. The molecule has 6 heteroatoms. The van der Waals surface area contributed by atoms with E-state index >= 15 is 0 Å². The number of anilines is 1. The van der Waals surface area contributed by atoms with Crippen LogP contribution in [0.3, 0.4) is 0 Å². The molecule has 0 saturated carbocycles. The summed E-state index contributed by atoms with van der Waals surface area (Å²) in [6.07, 6.45) is 1.71. The minimum absolute atomic E-state index is 0.0966. The maximum absolute atomic E-state index is 12.6. The van der Waals surface area contributed by atoms with Crippen LogP contribution in [0, 0.1) is 0 Å². The van der Waals surface area contributed by atoms with Crippen molar-refractivity contribution in [3.05, 3.63) is 60.7 Å². The van der Waals surface area contributed by atoms with Gasteiger partial charge >= 0.3 is 0 Å². The van der Waals surface area contributed by atoms with Crippen LogP contribution in [-0.2, 0) is 11.3 Å². The van der Waals surface area contributed by atoms with Gasteiger partial charge in [-0.2, -0.15) is 0 Å². The zero-order chi connectivity index (χ0) is 20.5. The van der Waals surface area contributed by atoms with Gasteiger partial charge in [0.05, 0.1) is 20.3 Å². The largest absolute Gasteiger partial charge is 0.493 e. The maximum atomic E-state index is 12.6. The van der Waals surface area contributed by atoms with Crippen molar-refractivity contribution in [1.82, 2.24) is 4.90 Å². The smallest absolute Gasteiger partial charge is 0.241 e. The van der Waals surface area contributed by atoms with E-state index in [-0.39, 0.29) is 11.9 Å². The number of nitrogens with one attached hydrogen (secondary N) is 1. The lowest BCUT2D eigenvalue weighted by Gasteiger charge is -2.24. The molecule has 0 aliphatic rings. The topological polar surface area (TPSA) is 60.0 Å². The standard InChI is InChI=1S/C22H28N2O4/c1-6-13-28-19-10-7-17(8-11-19)15-24(3)16(2)22(25)23-18-9-12-20(26-4)21(14-18)27-5/h6-12,14,16H,1,13,15H2,2-5H3,(H,23,25). The first-order valence-electron chi connectivity index (χ1n) is 9.04. The van der Waals surface area contributed by atoms with E-state index in [0.29, 0.717) is 30.3 Å². The van der Waals surface area contributed by atoms with Gasteiger partial charge in [-0.3, -0.25) is 9.69 Å². The number of methoxy groups -OCH3 is 2. The van der Waals surface area contributed by atoms with Crippen molar-refractivity contribution in [2.24, 2.45) is 0 Å². The van der Waals surface area contributed by atoms with Crippen LogP contribution in [0.4, 0.5) is 5.69 Å². The van der Waals surface area contributed by atoms with Gasteiger partial charge in [-0.25, -0.2) is 0 Å². The fraction of sp³-hybridized carbons (Fsp3) is 0.318. The molecule has 1 N–H and O–H groups in total. The van der Waals surface area contributed by atoms with Crippen LogP contribution in [0.2, 0.25) is 0 Å². The predicted molar refractivity (Wildman–Crippen MR) is 111 cm³/mol. The van der Waals surface area contributed by atoms with Crippen LogP contribution in [0.5, 0.6) is 17.2 Å². The lowest BCUT2D eigenvalue weighted by atomic mass is 10.1. The van der Waals surface area contributed by atoms with E-state index < -0.39 is 0 Å². The highest BCUT2D eigenvalue weighted by Gasteiger charge is 2.19. The van der Waals surface area contributed by atoms with E-state index in [4.69, 9.17) is 14.2 Å². The van der Waals surface area contributed by atoms with Gasteiger partial charge in [0.25, 0.3) is 0 Å². The molecule has 1 amide bonds. The van der Waals surface area contributed by atoms with Gasteiger partial charge in [0.15, 0.2) is 11.5 Å². The van der Waals surface area contributed by atoms with E-state index in [1.165, 1.54) is 0 Å². The van der Waals surface area contributed by atoms with Gasteiger partial charge in [-0.15, -0.1) is 0 Å². The Morgan fingerprint density at radius 2 is 1.82 bits per heavy atom. The quantitative estimate of drug-likeness (QED) is 0.633. The van der Waals surface area contributed by atoms with Crippen molar-refractivity contribution in [1.29, 1.82) is 0 Å². The highest BCUT2D eigenvalue weighted by Crippen LogP contribution is 2.29. The molecular weight excluding hydrogens is 356 g/mol. The second kappa shape index (κ2) is 10.4. The van der Waals surface area contributed by atoms with Gasteiger partial charge < -0.3 is 19.5 Å². The summed E-state index contributed by atoms with van der Waals surface area (Å²) >= 11 is 0. The van der Waals surface area contributed by atoms with E-state index in [1.54, 1.807) is 38.5 Å². The van der Waals surface area contributed by atoms with Gasteiger partial charge in [-0.1, -0.05) is 24.8 Å². The van der Waals surface area contributed by atoms with Crippen LogP contribution in [-0.4, -0.2) is 44.7 Å². The highest BCUT2D eigenvalue weighted by atomic mass is 16.5. The Bertz CT molecular complexity index is 790. The highest BCUT2D eigenvalue weighted by molar-refractivity contribution is 5.94. The molecule has 28 heavy (non-hydrogen) atoms. The molecule has 6 nitrogen and oxygen atoms in total. The van der Waals surface area contributed by atoms with E-state index in [2.05, 4.69) is 11.9 Å². The summed E-state index contributed by atoms with van der Waals surface area (Å²) in [7, 11) is 5.06. The van der Waals surface area contributed by atoms with E-state index in [0.717, 1.165) is 11.3 Å². The molecule has 0 aromatic heterocycles. The molecule has 2 rings (SSSR count). The number of carbonyl (C=O) groups excluding carboxylic acids is 1. The van der Waals surface area contributed by atoms with Gasteiger partial charge in [0.1, 0.15) is 12.4 Å². The Kier molecular flexibility index (Phi) is 7.89. The summed E-state index contributed by atoms with van der Waals surface area (Å²) < 4.78 is 16.0. The summed E-state index contributed by atoms with van der Waals surface area (Å²) in [5, 5.41) is 2.92.